The molecule has 0 saturated heterocycles. The number of aromatic nitrogens is 1. The first-order chi connectivity index (χ1) is 6.20. The van der Waals surface area contributed by atoms with Gasteiger partial charge in [0.1, 0.15) is 5.75 Å². The van der Waals surface area contributed by atoms with Gasteiger partial charge in [0.2, 0.25) is 0 Å². The van der Waals surface area contributed by atoms with Crippen molar-refractivity contribution in [3.8, 4) is 5.75 Å². The highest BCUT2D eigenvalue weighted by Crippen LogP contribution is 2.08. The quantitative estimate of drug-likeness (QED) is 0.657. The van der Waals surface area contributed by atoms with Crippen LogP contribution in [0.15, 0.2) is 36.4 Å². The van der Waals surface area contributed by atoms with Crippen LogP contribution in [0, 0.1) is 13.8 Å². The summed E-state index contributed by atoms with van der Waals surface area (Å²) in [5, 5.41) is 9.45. The maximum absolute atomic E-state index is 9.45. The van der Waals surface area contributed by atoms with Crippen molar-refractivity contribution in [1.82, 2.24) is 4.98 Å². The lowest BCUT2D eigenvalue weighted by atomic mass is 10.3. The van der Waals surface area contributed by atoms with Crippen molar-refractivity contribution >= 4 is 0 Å². The van der Waals surface area contributed by atoms with Gasteiger partial charge >= 0.3 is 0 Å². The molecule has 13 heavy (non-hydrogen) atoms. The van der Waals surface area contributed by atoms with Gasteiger partial charge in [-0.05, 0) is 26.0 Å². The van der Waals surface area contributed by atoms with E-state index in [9.17, 15) is 5.11 Å². The third-order valence-corrected chi connectivity index (χ3v) is 1.64. The SMILES string of the molecule is Cc1ccccccc(O)c(C)n1. The van der Waals surface area contributed by atoms with Gasteiger partial charge < -0.3 is 5.11 Å². The maximum atomic E-state index is 9.45. The fourth-order valence-electron chi connectivity index (χ4n) is 0.949. The molecule has 0 bridgehead atoms. The minimum absolute atomic E-state index is 0.208. The molecule has 0 aliphatic carbocycles. The lowest BCUT2D eigenvalue weighted by Crippen LogP contribution is -1.80. The molecule has 0 atom stereocenters. The minimum Gasteiger partial charge on any atom is -0.506 e. The number of hydrogen-bond acceptors (Lipinski definition) is 2. The van der Waals surface area contributed by atoms with Crippen LogP contribution in [0.1, 0.15) is 11.4 Å². The first-order valence-corrected chi connectivity index (χ1v) is 4.16. The van der Waals surface area contributed by atoms with Crippen LogP contribution >= 0.6 is 0 Å². The van der Waals surface area contributed by atoms with E-state index in [-0.39, 0.29) is 5.75 Å². The Balaban J connectivity index is 3.37. The predicted octanol–water partition coefficient (Wildman–Crippen LogP) is 2.53. The summed E-state index contributed by atoms with van der Waals surface area (Å²) in [7, 11) is 0. The van der Waals surface area contributed by atoms with Crippen molar-refractivity contribution in [2.45, 2.75) is 13.8 Å². The van der Waals surface area contributed by atoms with Crippen LogP contribution in [0.3, 0.4) is 0 Å². The highest BCUT2D eigenvalue weighted by molar-refractivity contribution is 5.22. The van der Waals surface area contributed by atoms with Crippen molar-refractivity contribution in [2.24, 2.45) is 0 Å². The van der Waals surface area contributed by atoms with E-state index in [0.29, 0.717) is 5.69 Å². The predicted molar refractivity (Wildman–Crippen MR) is 53.0 cm³/mol. The van der Waals surface area contributed by atoms with E-state index in [4.69, 9.17) is 0 Å². The summed E-state index contributed by atoms with van der Waals surface area (Å²) in [5.74, 6) is 0.208. The summed E-state index contributed by atoms with van der Waals surface area (Å²) < 4.78 is 0. The van der Waals surface area contributed by atoms with Gasteiger partial charge in [-0.3, -0.25) is 4.98 Å². The zero-order chi connectivity index (χ0) is 9.68. The summed E-state index contributed by atoms with van der Waals surface area (Å²) in [6, 6.07) is 11.0. The molecular formula is C11H13NO. The highest BCUT2D eigenvalue weighted by Gasteiger charge is 1.89. The van der Waals surface area contributed by atoms with Gasteiger partial charge in [0, 0.05) is 5.69 Å². The molecule has 0 spiro atoms. The Bertz CT molecular complexity index is 346. The zero-order valence-corrected chi connectivity index (χ0v) is 7.86. The molecular weight excluding hydrogens is 162 g/mol. The normalized spacial score (nSPS) is 9.08. The number of aryl methyl sites for hydroxylation is 2. The fourth-order valence-corrected chi connectivity index (χ4v) is 0.949. The van der Waals surface area contributed by atoms with Gasteiger partial charge in [-0.15, -0.1) is 0 Å². The van der Waals surface area contributed by atoms with E-state index in [2.05, 4.69) is 4.98 Å². The second kappa shape index (κ2) is 4.45. The number of aromatic hydroxyl groups is 1. The van der Waals surface area contributed by atoms with Crippen LogP contribution in [0.4, 0.5) is 0 Å². The first-order valence-electron chi connectivity index (χ1n) is 4.16. The molecule has 0 amide bonds. The van der Waals surface area contributed by atoms with E-state index in [1.54, 1.807) is 19.1 Å². The van der Waals surface area contributed by atoms with Crippen molar-refractivity contribution in [3.05, 3.63) is 47.8 Å². The molecule has 1 heterocycles. The van der Waals surface area contributed by atoms with Gasteiger partial charge in [-0.2, -0.15) is 0 Å². The van der Waals surface area contributed by atoms with E-state index in [1.807, 2.05) is 31.2 Å². The van der Waals surface area contributed by atoms with Crippen molar-refractivity contribution in [3.63, 3.8) is 0 Å². The summed E-state index contributed by atoms with van der Waals surface area (Å²) in [4.78, 5) is 4.19. The molecule has 1 N–H and O–H groups in total. The zero-order valence-electron chi connectivity index (χ0n) is 7.86. The van der Waals surface area contributed by atoms with Crippen LogP contribution in [0.5, 0.6) is 5.75 Å². The highest BCUT2D eigenvalue weighted by atomic mass is 16.3. The van der Waals surface area contributed by atoms with Gasteiger partial charge in [0.05, 0.1) is 5.69 Å². The topological polar surface area (TPSA) is 33.1 Å². The third-order valence-electron chi connectivity index (χ3n) is 1.64. The Hall–Kier alpha value is -1.57. The monoisotopic (exact) mass is 175 g/mol. The summed E-state index contributed by atoms with van der Waals surface area (Å²) in [6.07, 6.45) is 0. The van der Waals surface area contributed by atoms with Crippen LogP contribution in [-0.4, -0.2) is 10.1 Å². The molecule has 1 rings (SSSR count). The molecule has 2 nitrogen and oxygen atoms in total. The van der Waals surface area contributed by atoms with Gasteiger partial charge in [-0.25, -0.2) is 0 Å². The third kappa shape index (κ3) is 3.11. The van der Waals surface area contributed by atoms with E-state index >= 15 is 0 Å². The van der Waals surface area contributed by atoms with Crippen LogP contribution < -0.4 is 0 Å². The molecule has 1 aromatic rings. The Morgan fingerprint density at radius 1 is 1.00 bits per heavy atom. The molecule has 0 fully saturated rings. The lowest BCUT2D eigenvalue weighted by molar-refractivity contribution is 0.468. The van der Waals surface area contributed by atoms with E-state index in [1.165, 1.54) is 0 Å². The molecule has 68 valence electrons. The fraction of sp³-hybridized carbons (Fsp3) is 0.182. The smallest absolute Gasteiger partial charge is 0.136 e. The number of nitrogens with zero attached hydrogens (tertiary/aromatic N) is 1. The Morgan fingerprint density at radius 2 is 1.62 bits per heavy atom. The van der Waals surface area contributed by atoms with Gasteiger partial charge in [-0.1, -0.05) is 24.3 Å². The summed E-state index contributed by atoms with van der Waals surface area (Å²) in [6.45, 7) is 3.68. The van der Waals surface area contributed by atoms with Crippen molar-refractivity contribution in [2.75, 3.05) is 0 Å². The molecule has 0 aromatic carbocycles. The average molecular weight is 175 g/mol. The Labute approximate surface area is 78.2 Å². The first kappa shape index (κ1) is 9.52. The van der Waals surface area contributed by atoms with Gasteiger partial charge in [0.15, 0.2) is 0 Å². The molecule has 0 aliphatic rings. The molecule has 0 aliphatic heterocycles. The lowest BCUT2D eigenvalue weighted by Gasteiger charge is -1.92. The van der Waals surface area contributed by atoms with Crippen molar-refractivity contribution < 1.29 is 5.11 Å². The van der Waals surface area contributed by atoms with Gasteiger partial charge in [0.25, 0.3) is 0 Å². The molecule has 2 heteroatoms. The standard InChI is InChI=1S/C11H13NO/c1-9-7-5-3-4-6-8-11(13)10(2)12-9/h3-8,13H,1-2H3. The Morgan fingerprint density at radius 3 is 2.31 bits per heavy atom. The number of hydrogen-bond donors (Lipinski definition) is 1. The molecule has 0 unspecified atom stereocenters. The number of rotatable bonds is 0. The minimum atomic E-state index is 0.208. The second-order valence-corrected chi connectivity index (χ2v) is 2.83. The summed E-state index contributed by atoms with van der Waals surface area (Å²) >= 11 is 0. The van der Waals surface area contributed by atoms with Crippen molar-refractivity contribution in [1.29, 1.82) is 0 Å². The summed E-state index contributed by atoms with van der Waals surface area (Å²) in [5.41, 5.74) is 1.51. The van der Waals surface area contributed by atoms with Crippen LogP contribution in [0.25, 0.3) is 0 Å². The molecule has 0 saturated carbocycles. The van der Waals surface area contributed by atoms with Crippen LogP contribution in [0.2, 0.25) is 0 Å². The maximum Gasteiger partial charge on any atom is 0.136 e. The van der Waals surface area contributed by atoms with E-state index in [0.717, 1.165) is 5.69 Å². The largest absolute Gasteiger partial charge is 0.506 e. The molecule has 1 aromatic heterocycles. The van der Waals surface area contributed by atoms with E-state index < -0.39 is 0 Å². The second-order valence-electron chi connectivity index (χ2n) is 2.83. The average Bonchev–Trinajstić information content (AvgIpc) is 2.09. The molecule has 0 radical (unpaired) electrons. The Kier molecular flexibility index (Phi) is 3.26. The van der Waals surface area contributed by atoms with Crippen LogP contribution in [-0.2, 0) is 0 Å².